The number of benzene rings is 2. The van der Waals surface area contributed by atoms with Crippen LogP contribution < -0.4 is 21.2 Å². The van der Waals surface area contributed by atoms with Gasteiger partial charge in [0.05, 0.1) is 48.5 Å². The fourth-order valence-corrected chi connectivity index (χ4v) is 8.19. The molecule has 2 aliphatic rings. The Kier molecular flexibility index (Phi) is 23.7. The van der Waals surface area contributed by atoms with Gasteiger partial charge in [-0.25, -0.2) is 9.59 Å². The van der Waals surface area contributed by atoms with E-state index in [4.69, 9.17) is 76.4 Å². The highest BCUT2D eigenvalue weighted by molar-refractivity contribution is 6.65. The van der Waals surface area contributed by atoms with Gasteiger partial charge in [-0.2, -0.15) is 0 Å². The van der Waals surface area contributed by atoms with Crippen LogP contribution in [-0.4, -0.2) is 140 Å². The van der Waals surface area contributed by atoms with Crippen LogP contribution >= 0.6 is 46.4 Å². The first-order valence-electron chi connectivity index (χ1n) is 20.8. The highest BCUT2D eigenvalue weighted by Crippen LogP contribution is 2.39. The maximum Gasteiger partial charge on any atom is 0.530 e. The number of fused-ring (bicyclic) bond motifs is 2. The monoisotopic (exact) mass is 1020 g/mol. The molecule has 67 heavy (non-hydrogen) atoms. The lowest BCUT2D eigenvalue weighted by atomic mass is 9.53. The number of ether oxygens (including phenoxy) is 2. The van der Waals surface area contributed by atoms with E-state index < -0.39 is 85.4 Å². The number of amides is 2. The average Bonchev–Trinajstić information content (AvgIpc) is 3.76. The Morgan fingerprint density at radius 2 is 1.30 bits per heavy atom. The predicted molar refractivity (Wildman–Crippen MR) is 246 cm³/mol. The summed E-state index contributed by atoms with van der Waals surface area (Å²) in [6, 6.07) is 6.57. The van der Waals surface area contributed by atoms with E-state index in [-0.39, 0.29) is 70.5 Å². The maximum atomic E-state index is 12.9. The molecule has 0 saturated carbocycles. The largest absolute Gasteiger partial charge is 0.613 e. The number of halogens is 4. The highest BCUT2D eigenvalue weighted by atomic mass is 35.5. The van der Waals surface area contributed by atoms with Crippen molar-refractivity contribution in [3.8, 4) is 0 Å². The molecule has 4 rings (SSSR count). The van der Waals surface area contributed by atoms with Crippen molar-refractivity contribution in [3.05, 3.63) is 67.6 Å². The molecule has 26 heteroatoms. The molecule has 2 aromatic carbocycles. The van der Waals surface area contributed by atoms with Crippen LogP contribution in [0.15, 0.2) is 36.4 Å². The minimum atomic E-state index is -2.32. The normalized spacial score (nSPS) is 19.8. The molecule has 8 atom stereocenters. The highest BCUT2D eigenvalue weighted by Gasteiger charge is 2.69. The summed E-state index contributed by atoms with van der Waals surface area (Å²) >= 11 is 23.7. The third-order valence-corrected chi connectivity index (χ3v) is 11.8. The van der Waals surface area contributed by atoms with Gasteiger partial charge in [-0.05, 0) is 66.9 Å². The smallest absolute Gasteiger partial charge is 0.530 e. The SMILES string of the molecule is CC(C)C[C@H](CC(=O)CNC(=O)c1cc(Cl)ccc1Cl)B(O)O.COC(=O)[C@H](N)[C@@H](O)C(=O)O.COC(=O)[C@H]1[C@H]2O[B-]([C@@H](CC(=O)CNC(=O)c3cc(Cl)ccc3Cl)CC(C)C)(OC2=O)[NH+]1C. The first kappa shape index (κ1) is 58.8. The Morgan fingerprint density at radius 1 is 0.821 bits per heavy atom. The van der Waals surface area contributed by atoms with Gasteiger partial charge in [-0.1, -0.05) is 80.5 Å². The molecule has 20 nitrogen and oxygen atoms in total. The van der Waals surface area contributed by atoms with Crippen molar-refractivity contribution in [2.75, 3.05) is 34.4 Å². The summed E-state index contributed by atoms with van der Waals surface area (Å²) in [5, 5.41) is 41.7. The number of quaternary nitrogens is 1. The lowest BCUT2D eigenvalue weighted by Crippen LogP contribution is -3.24. The fourth-order valence-electron chi connectivity index (χ4n) is 7.44. The number of carbonyl (C=O) groups excluding carboxylic acids is 7. The van der Waals surface area contributed by atoms with Gasteiger partial charge in [-0.15, -0.1) is 0 Å². The van der Waals surface area contributed by atoms with Crippen LogP contribution in [0, 0.1) is 11.8 Å². The molecule has 2 heterocycles. The Balaban J connectivity index is 0.000000392. The van der Waals surface area contributed by atoms with Gasteiger partial charge in [-0.3, -0.25) is 28.8 Å². The molecule has 9 N–H and O–H groups in total. The Hall–Kier alpha value is -4.35. The van der Waals surface area contributed by atoms with E-state index in [1.54, 1.807) is 19.2 Å². The van der Waals surface area contributed by atoms with Gasteiger partial charge in [0, 0.05) is 29.3 Å². The molecule has 0 radical (unpaired) electrons. The van der Waals surface area contributed by atoms with Gasteiger partial charge >= 0.3 is 31.7 Å². The summed E-state index contributed by atoms with van der Waals surface area (Å²) < 4.78 is 20.6. The van der Waals surface area contributed by atoms with Gasteiger partial charge < -0.3 is 60.2 Å². The third kappa shape index (κ3) is 17.0. The number of hydrogen-bond acceptors (Lipinski definition) is 16. The molecule has 2 amide bonds. The van der Waals surface area contributed by atoms with Crippen LogP contribution in [0.25, 0.3) is 0 Å². The van der Waals surface area contributed by atoms with E-state index in [1.807, 2.05) is 27.7 Å². The summed E-state index contributed by atoms with van der Waals surface area (Å²) in [4.78, 5) is 95.0. The van der Waals surface area contributed by atoms with Crippen molar-refractivity contribution in [3.63, 3.8) is 0 Å². The molecule has 0 aromatic heterocycles. The van der Waals surface area contributed by atoms with Gasteiger partial charge in [0.2, 0.25) is 0 Å². The molecule has 2 unspecified atom stereocenters. The maximum absolute atomic E-state index is 12.9. The summed E-state index contributed by atoms with van der Waals surface area (Å²) in [6.07, 6.45) is -1.97. The Labute approximate surface area is 407 Å². The van der Waals surface area contributed by atoms with E-state index in [0.717, 1.165) is 7.11 Å². The van der Waals surface area contributed by atoms with Gasteiger partial charge in [0.1, 0.15) is 11.8 Å². The molecule has 2 aliphatic heterocycles. The number of aliphatic hydroxyl groups is 1. The topological polar surface area (TPSA) is 309 Å². The molecule has 2 saturated heterocycles. The van der Waals surface area contributed by atoms with Crippen molar-refractivity contribution in [1.82, 2.24) is 10.6 Å². The second-order valence-corrected chi connectivity index (χ2v) is 18.3. The Morgan fingerprint density at radius 3 is 1.72 bits per heavy atom. The van der Waals surface area contributed by atoms with Crippen LogP contribution in [-0.2, 0) is 47.5 Å². The van der Waals surface area contributed by atoms with E-state index in [0.29, 0.717) is 27.7 Å². The Bertz CT molecular complexity index is 2120. The van der Waals surface area contributed by atoms with E-state index in [1.165, 1.54) is 31.4 Å². The van der Waals surface area contributed by atoms with Crippen molar-refractivity contribution in [1.29, 1.82) is 0 Å². The number of carboxylic acid groups (broad SMARTS) is 1. The number of carboxylic acids is 1. The number of likely N-dealkylation sites (N-methyl/N-ethyl adjacent to an activating group) is 1. The fraction of sp³-hybridized carbons (Fsp3) is 0.512. The number of methoxy groups -OCH3 is 2. The molecule has 2 fully saturated rings. The summed E-state index contributed by atoms with van der Waals surface area (Å²) in [7, 11) is 2.45. The van der Waals surface area contributed by atoms with Crippen molar-refractivity contribution >= 4 is 107 Å². The second-order valence-electron chi connectivity index (χ2n) is 16.6. The zero-order valence-electron chi connectivity index (χ0n) is 37.8. The number of esters is 2. The number of Topliss-reactive ketones (excluding diaryl/α,β-unsaturated/α-hetero) is 2. The summed E-state index contributed by atoms with van der Waals surface area (Å²) in [5.74, 6) is -5.94. The molecule has 2 aromatic rings. The standard InChI is InChI=1S/C21H27BCl2N2O7.C15H20BCl2NO4.C5H9NO5/c1-11(2)7-12(22-26(3)17(20(29)31-4)18(32-22)21(30)33-22)8-14(27)10-25-19(28)15-9-13(23)5-6-16(15)24;1-9(2)5-10(16(22)23)6-12(20)8-19-15(21)13-7-11(17)3-4-14(13)18;1-11-5(10)2(6)3(7)4(8)9/h5-6,9,11-12,17-18,26H,7-8,10H2,1-4H3,(H,25,28);3-4,7,9-10,22-23H,5-6,8H2,1-2H3,(H,19,21);2-3,7H,6H2,1H3,(H,8,9)/t12-,17-,18-,22?;10-;2-,3-/m111/s1. The minimum absolute atomic E-state index is 0.00697. The number of ketones is 2. The zero-order valence-corrected chi connectivity index (χ0v) is 40.8. The number of rotatable bonds is 20. The van der Waals surface area contributed by atoms with Crippen molar-refractivity contribution in [2.24, 2.45) is 17.6 Å². The molecule has 0 aliphatic carbocycles. The predicted octanol–water partition coefficient (Wildman–Crippen LogP) is 1.55. The molecular formula is C41H56B2Cl4N4O16. The van der Waals surface area contributed by atoms with E-state index in [9.17, 15) is 48.4 Å². The lowest BCUT2D eigenvalue weighted by Gasteiger charge is -2.43. The van der Waals surface area contributed by atoms with Crippen molar-refractivity contribution in [2.45, 2.75) is 89.3 Å². The average molecular weight is 1020 g/mol. The molecular weight excluding hydrogens is 968 g/mol. The lowest BCUT2D eigenvalue weighted by molar-refractivity contribution is -0.799. The van der Waals surface area contributed by atoms with Crippen LogP contribution in [0.5, 0.6) is 0 Å². The minimum Gasteiger partial charge on any atom is -0.613 e. The number of nitrogens with two attached hydrogens (primary N) is 1. The quantitative estimate of drug-likeness (QED) is 0.0689. The first-order chi connectivity index (χ1) is 31.2. The molecule has 2 bridgehead atoms. The second kappa shape index (κ2) is 27.0. The van der Waals surface area contributed by atoms with Gasteiger partial charge in [0.15, 0.2) is 24.0 Å². The van der Waals surface area contributed by atoms with E-state index >= 15 is 0 Å². The van der Waals surface area contributed by atoms with Crippen molar-refractivity contribution < 1.29 is 82.2 Å². The third-order valence-electron chi connectivity index (χ3n) is 10.6. The number of aliphatic carboxylic acids is 1. The van der Waals surface area contributed by atoms with Crippen LogP contribution in [0.2, 0.25) is 31.7 Å². The number of nitrogens with one attached hydrogen (secondary N) is 3. The number of carbonyl (C=O) groups is 8. The van der Waals surface area contributed by atoms with Crippen LogP contribution in [0.3, 0.4) is 0 Å². The van der Waals surface area contributed by atoms with Crippen LogP contribution in [0.1, 0.15) is 74.1 Å². The summed E-state index contributed by atoms with van der Waals surface area (Å²) in [6.45, 7) is 5.04. The molecule has 0 spiro atoms. The molecule has 370 valence electrons. The zero-order chi connectivity index (χ0) is 51.1. The first-order valence-corrected chi connectivity index (χ1v) is 22.3. The van der Waals surface area contributed by atoms with E-state index in [2.05, 4.69) is 15.4 Å². The van der Waals surface area contributed by atoms with Crippen LogP contribution in [0.4, 0.5) is 0 Å². The number of aliphatic hydroxyl groups excluding tert-OH is 1. The van der Waals surface area contributed by atoms with Gasteiger partial charge in [0.25, 0.3) is 17.8 Å². The number of hydrogen-bond donors (Lipinski definition) is 8. The summed E-state index contributed by atoms with van der Waals surface area (Å²) in [5.41, 5.74) is 5.32.